The number of amides is 1. The molecule has 0 N–H and O–H groups in total. The standard InChI is InChI=1S/C34H41ClN6O4/c1-34(2,3)45-33(42)41-18-17-40(20-23(41)11-14-36)31-26-21-43-29(25-9-5-7-22-8-6-10-27(35)30(22)25)19-28(26)37-32(38-31)44-24-12-15-39(4)16-13-24/h5-10,23-24,29H,11-13,15-21H2,1-4H3/t23-,29?/m0/s1. The maximum absolute atomic E-state index is 13.1. The molecule has 2 fully saturated rings. The molecular weight excluding hydrogens is 592 g/mol. The van der Waals surface area contributed by atoms with Gasteiger partial charge < -0.3 is 28.9 Å². The Labute approximate surface area is 269 Å². The molecule has 10 nitrogen and oxygen atoms in total. The molecule has 3 aliphatic rings. The molecule has 1 unspecified atom stereocenters. The predicted molar refractivity (Wildman–Crippen MR) is 173 cm³/mol. The number of rotatable bonds is 5. The number of hydrogen-bond donors (Lipinski definition) is 0. The highest BCUT2D eigenvalue weighted by atomic mass is 35.5. The molecule has 2 saturated heterocycles. The Morgan fingerprint density at radius 3 is 2.60 bits per heavy atom. The van der Waals surface area contributed by atoms with E-state index in [0.717, 1.165) is 59.3 Å². The van der Waals surface area contributed by atoms with Gasteiger partial charge in [0.1, 0.15) is 17.5 Å². The summed E-state index contributed by atoms with van der Waals surface area (Å²) in [7, 11) is 2.12. The van der Waals surface area contributed by atoms with Gasteiger partial charge in [-0.15, -0.1) is 0 Å². The number of hydrogen-bond acceptors (Lipinski definition) is 9. The van der Waals surface area contributed by atoms with Gasteiger partial charge in [-0.25, -0.2) is 4.79 Å². The molecule has 6 rings (SSSR count). The van der Waals surface area contributed by atoms with Crippen LogP contribution in [0.15, 0.2) is 36.4 Å². The van der Waals surface area contributed by atoms with E-state index < -0.39 is 11.7 Å². The molecule has 0 spiro atoms. The predicted octanol–water partition coefficient (Wildman–Crippen LogP) is 5.91. The fraction of sp³-hybridized carbons (Fsp3) is 0.529. The highest BCUT2D eigenvalue weighted by molar-refractivity contribution is 6.35. The molecule has 2 atom stereocenters. The Bertz CT molecular complexity index is 1590. The van der Waals surface area contributed by atoms with Crippen LogP contribution in [-0.4, -0.2) is 83.4 Å². The molecule has 4 heterocycles. The largest absolute Gasteiger partial charge is 0.460 e. The molecule has 0 saturated carbocycles. The summed E-state index contributed by atoms with van der Waals surface area (Å²) in [4.78, 5) is 29.1. The monoisotopic (exact) mass is 632 g/mol. The minimum absolute atomic E-state index is 0.0370. The number of nitriles is 1. The zero-order valence-electron chi connectivity index (χ0n) is 26.5. The van der Waals surface area contributed by atoms with Crippen molar-refractivity contribution in [1.29, 1.82) is 5.26 Å². The van der Waals surface area contributed by atoms with Gasteiger partial charge in [0.05, 0.1) is 36.9 Å². The second kappa shape index (κ2) is 13.0. The third-order valence-electron chi connectivity index (χ3n) is 8.77. The molecular formula is C34H41ClN6O4. The van der Waals surface area contributed by atoms with Crippen molar-refractivity contribution in [1.82, 2.24) is 19.8 Å². The van der Waals surface area contributed by atoms with Gasteiger partial charge in [-0.2, -0.15) is 15.2 Å². The first-order chi connectivity index (χ1) is 21.6. The van der Waals surface area contributed by atoms with Crippen LogP contribution in [0.3, 0.4) is 0 Å². The van der Waals surface area contributed by atoms with E-state index >= 15 is 0 Å². The lowest BCUT2D eigenvalue weighted by Gasteiger charge is -2.42. The topological polar surface area (TPSA) is 104 Å². The number of ether oxygens (including phenoxy) is 3. The first-order valence-corrected chi connectivity index (χ1v) is 16.1. The number of carbonyl (C=O) groups excluding carboxylic acids is 1. The minimum Gasteiger partial charge on any atom is -0.460 e. The number of halogens is 1. The highest BCUT2D eigenvalue weighted by Gasteiger charge is 2.37. The number of anilines is 1. The number of piperidine rings is 1. The average molecular weight is 633 g/mol. The lowest BCUT2D eigenvalue weighted by Crippen LogP contribution is -2.56. The van der Waals surface area contributed by atoms with Crippen LogP contribution in [0.1, 0.15) is 63.0 Å². The Kier molecular flexibility index (Phi) is 9.05. The summed E-state index contributed by atoms with van der Waals surface area (Å²) in [6.45, 7) is 9.15. The highest BCUT2D eigenvalue weighted by Crippen LogP contribution is 2.40. The van der Waals surface area contributed by atoms with Crippen molar-refractivity contribution < 1.29 is 19.0 Å². The Morgan fingerprint density at radius 2 is 1.87 bits per heavy atom. The molecule has 1 aromatic heterocycles. The van der Waals surface area contributed by atoms with Crippen molar-refractivity contribution >= 4 is 34.3 Å². The van der Waals surface area contributed by atoms with Gasteiger partial charge in [0.25, 0.3) is 0 Å². The lowest BCUT2D eigenvalue weighted by molar-refractivity contribution is 0.0140. The van der Waals surface area contributed by atoms with Gasteiger partial charge in [0, 0.05) is 55.1 Å². The lowest BCUT2D eigenvalue weighted by atomic mass is 9.94. The Morgan fingerprint density at radius 1 is 1.11 bits per heavy atom. The third kappa shape index (κ3) is 6.96. The smallest absolute Gasteiger partial charge is 0.410 e. The summed E-state index contributed by atoms with van der Waals surface area (Å²) in [5.41, 5.74) is 2.20. The van der Waals surface area contributed by atoms with Crippen LogP contribution in [0.25, 0.3) is 10.8 Å². The number of fused-ring (bicyclic) bond motifs is 2. The number of benzene rings is 2. The van der Waals surface area contributed by atoms with E-state index in [9.17, 15) is 10.1 Å². The molecule has 3 aliphatic heterocycles. The minimum atomic E-state index is -0.626. The molecule has 0 radical (unpaired) electrons. The second-order valence-electron chi connectivity index (χ2n) is 13.2. The molecule has 2 aromatic carbocycles. The van der Waals surface area contributed by atoms with Gasteiger partial charge in [-0.3, -0.25) is 0 Å². The van der Waals surface area contributed by atoms with Gasteiger partial charge in [0.15, 0.2) is 0 Å². The van der Waals surface area contributed by atoms with Crippen LogP contribution in [0.5, 0.6) is 6.01 Å². The summed E-state index contributed by atoms with van der Waals surface area (Å²) in [5.74, 6) is 0.740. The molecule has 0 bridgehead atoms. The van der Waals surface area contributed by atoms with Crippen molar-refractivity contribution in [3.05, 3.63) is 58.2 Å². The van der Waals surface area contributed by atoms with Crippen molar-refractivity contribution in [2.24, 2.45) is 0 Å². The SMILES string of the molecule is CN1CCC(Oc2nc3c(c(N4CCN(C(=O)OC(C)(C)C)[C@@H](CC#N)C4)n2)COC(c2cccc4cccc(Cl)c24)C3)CC1. The molecule has 45 heavy (non-hydrogen) atoms. The average Bonchev–Trinajstić information content (AvgIpc) is 3.00. The molecule has 1 amide bonds. The first kappa shape index (κ1) is 31.3. The van der Waals surface area contributed by atoms with E-state index in [1.807, 2.05) is 39.0 Å². The zero-order valence-corrected chi connectivity index (χ0v) is 27.2. The van der Waals surface area contributed by atoms with Crippen LogP contribution in [-0.2, 0) is 22.5 Å². The number of likely N-dealkylation sites (tertiary alicyclic amines) is 1. The summed E-state index contributed by atoms with van der Waals surface area (Å²) in [6.07, 6.45) is 1.93. The second-order valence-corrected chi connectivity index (χ2v) is 13.6. The normalized spacial score (nSPS) is 21.3. The van der Waals surface area contributed by atoms with E-state index in [4.69, 9.17) is 35.8 Å². The Balaban J connectivity index is 1.32. The van der Waals surface area contributed by atoms with E-state index in [0.29, 0.717) is 43.7 Å². The van der Waals surface area contributed by atoms with Crippen LogP contribution < -0.4 is 9.64 Å². The van der Waals surface area contributed by atoms with Gasteiger partial charge >= 0.3 is 12.1 Å². The number of piperazine rings is 1. The van der Waals surface area contributed by atoms with Gasteiger partial charge in [-0.05, 0) is 57.7 Å². The van der Waals surface area contributed by atoms with Crippen molar-refractivity contribution in [3.63, 3.8) is 0 Å². The fourth-order valence-electron chi connectivity index (χ4n) is 6.48. The number of carbonyl (C=O) groups is 1. The maximum Gasteiger partial charge on any atom is 0.410 e. The first-order valence-electron chi connectivity index (χ1n) is 15.7. The summed E-state index contributed by atoms with van der Waals surface area (Å²) in [6, 6.07) is 14.4. The third-order valence-corrected chi connectivity index (χ3v) is 9.08. The molecule has 11 heteroatoms. The molecule has 0 aliphatic carbocycles. The van der Waals surface area contributed by atoms with Crippen molar-refractivity contribution in [2.45, 2.75) is 76.9 Å². The molecule has 3 aromatic rings. The van der Waals surface area contributed by atoms with Gasteiger partial charge in [0.2, 0.25) is 0 Å². The maximum atomic E-state index is 13.1. The Hall–Kier alpha value is -3.65. The van der Waals surface area contributed by atoms with Crippen LogP contribution in [0.4, 0.5) is 10.6 Å². The summed E-state index contributed by atoms with van der Waals surface area (Å²) < 4.78 is 18.6. The van der Waals surface area contributed by atoms with Crippen molar-refractivity contribution in [3.8, 4) is 12.1 Å². The van der Waals surface area contributed by atoms with Crippen LogP contribution in [0.2, 0.25) is 5.02 Å². The molecule has 238 valence electrons. The number of nitrogens with zero attached hydrogens (tertiary/aromatic N) is 6. The summed E-state index contributed by atoms with van der Waals surface area (Å²) >= 11 is 6.69. The van der Waals surface area contributed by atoms with E-state index in [1.165, 1.54) is 0 Å². The van der Waals surface area contributed by atoms with Crippen LogP contribution >= 0.6 is 11.6 Å². The van der Waals surface area contributed by atoms with E-state index in [1.54, 1.807) is 4.90 Å². The fourth-order valence-corrected chi connectivity index (χ4v) is 6.77. The zero-order chi connectivity index (χ0) is 31.7. The number of aromatic nitrogens is 2. The quantitative estimate of drug-likeness (QED) is 0.339. The van der Waals surface area contributed by atoms with Crippen molar-refractivity contribution in [2.75, 3.05) is 44.7 Å². The van der Waals surface area contributed by atoms with Crippen LogP contribution in [0, 0.1) is 11.3 Å². The summed E-state index contributed by atoms with van der Waals surface area (Å²) in [5, 5.41) is 12.4. The van der Waals surface area contributed by atoms with E-state index in [2.05, 4.69) is 41.1 Å². The van der Waals surface area contributed by atoms with E-state index in [-0.39, 0.29) is 24.7 Å². The van der Waals surface area contributed by atoms with Gasteiger partial charge in [-0.1, -0.05) is 41.9 Å².